The van der Waals surface area contributed by atoms with E-state index in [1.165, 1.54) is 6.07 Å². The van der Waals surface area contributed by atoms with E-state index >= 15 is 0 Å². The minimum atomic E-state index is -3.63. The molecule has 0 bridgehead atoms. The number of benzene rings is 1. The van der Waals surface area contributed by atoms with Gasteiger partial charge in [-0.1, -0.05) is 24.3 Å². The number of para-hydroxylation sites is 1. The number of sulfonamides is 1. The summed E-state index contributed by atoms with van der Waals surface area (Å²) >= 11 is 1.57. The van der Waals surface area contributed by atoms with Crippen LogP contribution in [0.1, 0.15) is 0 Å². The Balaban J connectivity index is 0.00000210. The molecule has 4 aromatic rings. The van der Waals surface area contributed by atoms with Crippen molar-refractivity contribution in [2.45, 2.75) is 10.1 Å². The average molecular weight is 421 g/mol. The second-order valence-electron chi connectivity index (χ2n) is 5.61. The average Bonchev–Trinajstić information content (AvgIpc) is 3.14. The summed E-state index contributed by atoms with van der Waals surface area (Å²) in [6.45, 7) is 0.312. The molecule has 0 amide bonds. The highest BCUT2D eigenvalue weighted by molar-refractivity contribution is 7.99. The first kappa shape index (κ1) is 19.6. The highest BCUT2D eigenvalue weighted by Gasteiger charge is 2.15. The summed E-state index contributed by atoms with van der Waals surface area (Å²) < 4.78 is 29.5. The van der Waals surface area contributed by atoms with Gasteiger partial charge < -0.3 is 0 Å². The van der Waals surface area contributed by atoms with Crippen molar-refractivity contribution in [1.82, 2.24) is 19.1 Å². The number of nitrogens with one attached hydrogen (secondary N) is 1. The van der Waals surface area contributed by atoms with Crippen molar-refractivity contribution in [3.05, 3.63) is 67.0 Å². The molecule has 3 aromatic heterocycles. The van der Waals surface area contributed by atoms with Gasteiger partial charge in [0.2, 0.25) is 0 Å². The molecule has 0 atom stereocenters. The van der Waals surface area contributed by atoms with E-state index < -0.39 is 10.0 Å². The minimum Gasteiger partial charge on any atom is -0.294 e. The number of nitrogens with zero attached hydrogens (tertiary/aromatic N) is 3. The lowest BCUT2D eigenvalue weighted by atomic mass is 10.2. The summed E-state index contributed by atoms with van der Waals surface area (Å²) in [7, 11) is -3.63. The van der Waals surface area contributed by atoms with Crippen LogP contribution in [0.4, 0.5) is 0 Å². The third-order valence-corrected chi connectivity index (χ3v) is 6.28. The van der Waals surface area contributed by atoms with Crippen LogP contribution in [0, 0.1) is 0 Å². The smallest absolute Gasteiger partial charge is 0.258 e. The maximum atomic E-state index is 12.5. The van der Waals surface area contributed by atoms with Gasteiger partial charge in [-0.25, -0.2) is 23.1 Å². The van der Waals surface area contributed by atoms with Crippen molar-refractivity contribution in [1.29, 1.82) is 0 Å². The second kappa shape index (κ2) is 8.26. The first-order chi connectivity index (χ1) is 12.6. The van der Waals surface area contributed by atoms with E-state index in [1.807, 2.05) is 47.0 Å². The van der Waals surface area contributed by atoms with Crippen molar-refractivity contribution in [2.24, 2.45) is 0 Å². The second-order valence-corrected chi connectivity index (χ2v) is 8.44. The van der Waals surface area contributed by atoms with Crippen molar-refractivity contribution >= 4 is 50.7 Å². The van der Waals surface area contributed by atoms with Crippen LogP contribution in [0.2, 0.25) is 0 Å². The molecule has 0 saturated carbocycles. The number of hydrogen-bond acceptors (Lipinski definition) is 5. The highest BCUT2D eigenvalue weighted by atomic mass is 35.5. The third kappa shape index (κ3) is 4.24. The molecule has 0 aliphatic rings. The molecule has 0 fully saturated rings. The molecule has 0 spiro atoms. The van der Waals surface area contributed by atoms with Gasteiger partial charge in [0, 0.05) is 30.1 Å². The standard InChI is InChI=1S/C18H16N4O2S2.ClH/c23-26(24,17-9-8-14-4-1-2-5-15(14)21-17)20-11-13-25-18-7-3-6-16-19-10-12-22(16)18;/h1-10,12,20H,11,13H2;1H. The van der Waals surface area contributed by atoms with E-state index in [4.69, 9.17) is 0 Å². The number of hydrogen-bond donors (Lipinski definition) is 1. The molecule has 0 aliphatic heterocycles. The van der Waals surface area contributed by atoms with Gasteiger partial charge in [-0.3, -0.25) is 4.40 Å². The number of rotatable bonds is 6. The third-order valence-electron chi connectivity index (χ3n) is 3.88. The van der Waals surface area contributed by atoms with E-state index in [0.717, 1.165) is 16.1 Å². The highest BCUT2D eigenvalue weighted by Crippen LogP contribution is 2.19. The van der Waals surface area contributed by atoms with Crippen LogP contribution >= 0.6 is 24.2 Å². The Hall–Kier alpha value is -2.13. The molecule has 27 heavy (non-hydrogen) atoms. The van der Waals surface area contributed by atoms with E-state index in [0.29, 0.717) is 17.8 Å². The Bertz CT molecular complexity index is 1180. The number of pyridine rings is 2. The predicted octanol–water partition coefficient (Wildman–Crippen LogP) is 3.37. The Morgan fingerprint density at radius 1 is 1.04 bits per heavy atom. The van der Waals surface area contributed by atoms with Crippen LogP contribution in [0.25, 0.3) is 16.6 Å². The summed E-state index contributed by atoms with van der Waals surface area (Å²) in [6, 6.07) is 16.6. The molecular weight excluding hydrogens is 404 g/mol. The van der Waals surface area contributed by atoms with Crippen molar-refractivity contribution in [3.63, 3.8) is 0 Å². The first-order valence-electron chi connectivity index (χ1n) is 8.04. The number of thioether (sulfide) groups is 1. The molecular formula is C18H17ClN4O2S2. The fourth-order valence-electron chi connectivity index (χ4n) is 2.64. The van der Waals surface area contributed by atoms with Gasteiger partial charge in [-0.05, 0) is 30.3 Å². The fraction of sp³-hybridized carbons (Fsp3) is 0.111. The molecule has 4 rings (SSSR count). The molecule has 9 heteroatoms. The lowest BCUT2D eigenvalue weighted by Gasteiger charge is -2.08. The van der Waals surface area contributed by atoms with Crippen molar-refractivity contribution in [2.75, 3.05) is 12.3 Å². The summed E-state index contributed by atoms with van der Waals surface area (Å²) in [4.78, 5) is 8.49. The molecule has 0 aliphatic carbocycles. The Labute approximate surface area is 167 Å². The van der Waals surface area contributed by atoms with E-state index in [1.54, 1.807) is 30.1 Å². The quantitative estimate of drug-likeness (QED) is 0.382. The Kier molecular flexibility index (Phi) is 6.01. The normalized spacial score (nSPS) is 11.6. The first-order valence-corrected chi connectivity index (χ1v) is 10.5. The van der Waals surface area contributed by atoms with Gasteiger partial charge in [-0.15, -0.1) is 24.2 Å². The maximum absolute atomic E-state index is 12.5. The summed E-state index contributed by atoms with van der Waals surface area (Å²) in [5.74, 6) is 0.601. The molecule has 3 heterocycles. The monoisotopic (exact) mass is 420 g/mol. The van der Waals surface area contributed by atoms with Crippen molar-refractivity contribution < 1.29 is 8.42 Å². The molecule has 1 aromatic carbocycles. The Morgan fingerprint density at radius 2 is 1.89 bits per heavy atom. The zero-order valence-corrected chi connectivity index (χ0v) is 16.6. The molecule has 1 N–H and O–H groups in total. The fourth-order valence-corrected chi connectivity index (χ4v) is 4.64. The number of fused-ring (bicyclic) bond motifs is 2. The van der Waals surface area contributed by atoms with Crippen LogP contribution in [-0.2, 0) is 10.0 Å². The zero-order chi connectivity index (χ0) is 18.0. The Morgan fingerprint density at radius 3 is 2.78 bits per heavy atom. The van der Waals surface area contributed by atoms with Crippen LogP contribution in [0.5, 0.6) is 0 Å². The van der Waals surface area contributed by atoms with E-state index in [2.05, 4.69) is 14.7 Å². The largest absolute Gasteiger partial charge is 0.294 e. The molecule has 0 saturated heterocycles. The van der Waals surface area contributed by atoms with Gasteiger partial charge in [0.25, 0.3) is 10.0 Å². The zero-order valence-electron chi connectivity index (χ0n) is 14.1. The number of halogens is 1. The minimum absolute atomic E-state index is 0. The molecule has 6 nitrogen and oxygen atoms in total. The summed E-state index contributed by atoms with van der Waals surface area (Å²) in [6.07, 6.45) is 3.63. The number of aromatic nitrogens is 3. The molecule has 140 valence electrons. The lowest BCUT2D eigenvalue weighted by Crippen LogP contribution is -2.26. The van der Waals surface area contributed by atoms with Crippen LogP contribution in [-0.4, -0.2) is 35.1 Å². The van der Waals surface area contributed by atoms with Gasteiger partial charge >= 0.3 is 0 Å². The summed E-state index contributed by atoms with van der Waals surface area (Å²) in [5, 5.41) is 1.97. The lowest BCUT2D eigenvalue weighted by molar-refractivity contribution is 0.581. The maximum Gasteiger partial charge on any atom is 0.258 e. The van der Waals surface area contributed by atoms with Gasteiger partial charge in [-0.2, -0.15) is 0 Å². The van der Waals surface area contributed by atoms with Gasteiger partial charge in [0.15, 0.2) is 5.03 Å². The van der Waals surface area contributed by atoms with E-state index in [-0.39, 0.29) is 17.4 Å². The van der Waals surface area contributed by atoms with Crippen LogP contribution in [0.15, 0.2) is 77.0 Å². The summed E-state index contributed by atoms with van der Waals surface area (Å²) in [5.41, 5.74) is 1.53. The topological polar surface area (TPSA) is 76.4 Å². The van der Waals surface area contributed by atoms with Crippen molar-refractivity contribution in [3.8, 4) is 0 Å². The van der Waals surface area contributed by atoms with Gasteiger partial charge in [0.05, 0.1) is 10.5 Å². The SMILES string of the molecule is Cl.O=S(=O)(NCCSc1cccc2nccn12)c1ccc2ccccc2n1. The molecule has 0 unspecified atom stereocenters. The van der Waals surface area contributed by atoms with Gasteiger partial charge in [0.1, 0.15) is 5.65 Å². The predicted molar refractivity (Wildman–Crippen MR) is 110 cm³/mol. The van der Waals surface area contributed by atoms with Crippen LogP contribution < -0.4 is 4.72 Å². The molecule has 0 radical (unpaired) electrons. The van der Waals surface area contributed by atoms with Crippen LogP contribution in [0.3, 0.4) is 0 Å². The van der Waals surface area contributed by atoms with E-state index in [9.17, 15) is 8.42 Å². The number of imidazole rings is 1.